The Balaban J connectivity index is 1.63. The third-order valence-electron chi connectivity index (χ3n) is 5.06. The first-order valence-corrected chi connectivity index (χ1v) is 9.73. The lowest BCUT2D eigenvalue weighted by molar-refractivity contribution is 0.369. The lowest BCUT2D eigenvalue weighted by atomic mass is 9.92. The molecule has 3 heterocycles. The highest BCUT2D eigenvalue weighted by Gasteiger charge is 2.19. The zero-order chi connectivity index (χ0) is 19.5. The Morgan fingerprint density at radius 2 is 2.11 bits per heavy atom. The number of nitrogens with one attached hydrogen (secondary N) is 2. The van der Waals surface area contributed by atoms with E-state index in [1.165, 1.54) is 0 Å². The molecular formula is C21H22ClN5O. The van der Waals surface area contributed by atoms with E-state index in [4.69, 9.17) is 28.5 Å². The molecule has 1 fully saturated rings. The molecule has 0 amide bonds. The second kappa shape index (κ2) is 8.09. The molecule has 6 nitrogen and oxygen atoms in total. The molecule has 3 aromatic heterocycles. The van der Waals surface area contributed by atoms with Gasteiger partial charge in [-0.3, -0.25) is 0 Å². The van der Waals surface area contributed by atoms with Crippen molar-refractivity contribution in [2.45, 2.75) is 37.8 Å². The predicted octanol–water partition coefficient (Wildman–Crippen LogP) is 3.97. The molecule has 4 rings (SSSR count). The Morgan fingerprint density at radius 3 is 2.89 bits per heavy atom. The number of anilines is 1. The summed E-state index contributed by atoms with van der Waals surface area (Å²) < 4.78 is 5.51. The van der Waals surface area contributed by atoms with Crippen molar-refractivity contribution in [2.24, 2.45) is 5.73 Å². The maximum absolute atomic E-state index is 6.31. The highest BCUT2D eigenvalue weighted by molar-refractivity contribution is 6.29. The normalized spacial score (nSPS) is 19.3. The SMILES string of the molecule is C#CCOc1cnc2[nH]cc(-c3cc(Cl)nc(NC4CCC(N)CC4)c3)c2c1. The first-order chi connectivity index (χ1) is 13.6. The van der Waals surface area contributed by atoms with E-state index in [9.17, 15) is 0 Å². The maximum atomic E-state index is 6.31. The monoisotopic (exact) mass is 395 g/mol. The number of nitrogens with two attached hydrogens (primary N) is 1. The molecule has 3 aromatic rings. The average Bonchev–Trinajstić information content (AvgIpc) is 3.11. The minimum atomic E-state index is 0.202. The van der Waals surface area contributed by atoms with Crippen molar-refractivity contribution in [3.05, 3.63) is 35.7 Å². The average molecular weight is 396 g/mol. The first kappa shape index (κ1) is 18.6. The maximum Gasteiger partial charge on any atom is 0.148 e. The Labute approximate surface area is 168 Å². The van der Waals surface area contributed by atoms with Crippen LogP contribution in [0.5, 0.6) is 5.75 Å². The Morgan fingerprint density at radius 1 is 1.29 bits per heavy atom. The van der Waals surface area contributed by atoms with Crippen molar-refractivity contribution >= 4 is 28.5 Å². The molecule has 0 bridgehead atoms. The summed E-state index contributed by atoms with van der Waals surface area (Å²) in [5.74, 6) is 3.86. The fourth-order valence-electron chi connectivity index (χ4n) is 3.63. The molecule has 0 spiro atoms. The fourth-order valence-corrected chi connectivity index (χ4v) is 3.83. The molecular weight excluding hydrogens is 374 g/mol. The summed E-state index contributed by atoms with van der Waals surface area (Å²) in [6, 6.07) is 6.46. The van der Waals surface area contributed by atoms with Gasteiger partial charge >= 0.3 is 0 Å². The number of halogens is 1. The smallest absolute Gasteiger partial charge is 0.148 e. The number of aromatic amines is 1. The van der Waals surface area contributed by atoms with Crippen LogP contribution in [0.4, 0.5) is 5.82 Å². The van der Waals surface area contributed by atoms with E-state index < -0.39 is 0 Å². The van der Waals surface area contributed by atoms with E-state index >= 15 is 0 Å². The van der Waals surface area contributed by atoms with Crippen molar-refractivity contribution in [2.75, 3.05) is 11.9 Å². The Kier molecular flexibility index (Phi) is 5.38. The van der Waals surface area contributed by atoms with Crippen molar-refractivity contribution in [1.82, 2.24) is 15.0 Å². The van der Waals surface area contributed by atoms with Crippen LogP contribution in [0.25, 0.3) is 22.2 Å². The number of fused-ring (bicyclic) bond motifs is 1. The van der Waals surface area contributed by atoms with Crippen LogP contribution in [-0.4, -0.2) is 33.6 Å². The first-order valence-electron chi connectivity index (χ1n) is 9.36. The van der Waals surface area contributed by atoms with Gasteiger partial charge in [-0.05, 0) is 49.4 Å². The van der Waals surface area contributed by atoms with E-state index in [0.29, 0.717) is 23.0 Å². The quantitative estimate of drug-likeness (QED) is 0.449. The molecule has 28 heavy (non-hydrogen) atoms. The summed E-state index contributed by atoms with van der Waals surface area (Å²) in [6.45, 7) is 0.202. The van der Waals surface area contributed by atoms with Gasteiger partial charge in [-0.25, -0.2) is 9.97 Å². The van der Waals surface area contributed by atoms with Crippen LogP contribution in [0.15, 0.2) is 30.6 Å². The second-order valence-electron chi connectivity index (χ2n) is 7.08. The van der Waals surface area contributed by atoms with E-state index in [2.05, 4.69) is 26.2 Å². The number of terminal acetylenes is 1. The van der Waals surface area contributed by atoms with Gasteiger partial charge in [0.05, 0.1) is 6.20 Å². The largest absolute Gasteiger partial charge is 0.479 e. The molecule has 4 N–H and O–H groups in total. The number of aromatic nitrogens is 3. The van der Waals surface area contributed by atoms with Crippen LogP contribution in [0.3, 0.4) is 0 Å². The molecule has 1 saturated carbocycles. The van der Waals surface area contributed by atoms with E-state index in [1.807, 2.05) is 24.4 Å². The number of nitrogens with zero attached hydrogens (tertiary/aromatic N) is 2. The van der Waals surface area contributed by atoms with Gasteiger partial charge in [0.15, 0.2) is 0 Å². The van der Waals surface area contributed by atoms with Crippen LogP contribution < -0.4 is 15.8 Å². The molecule has 0 aliphatic heterocycles. The zero-order valence-corrected chi connectivity index (χ0v) is 16.2. The molecule has 0 radical (unpaired) electrons. The minimum Gasteiger partial charge on any atom is -0.479 e. The van der Waals surface area contributed by atoms with Gasteiger partial charge in [-0.15, -0.1) is 6.42 Å². The number of pyridine rings is 2. The lowest BCUT2D eigenvalue weighted by Crippen LogP contribution is -2.33. The summed E-state index contributed by atoms with van der Waals surface area (Å²) in [4.78, 5) is 12.0. The molecule has 0 aromatic carbocycles. The number of ether oxygens (including phenoxy) is 1. The predicted molar refractivity (Wildman–Crippen MR) is 113 cm³/mol. The Bertz CT molecular complexity index is 1020. The summed E-state index contributed by atoms with van der Waals surface area (Å²) >= 11 is 6.31. The van der Waals surface area contributed by atoms with E-state index in [1.54, 1.807) is 6.20 Å². The second-order valence-corrected chi connectivity index (χ2v) is 7.47. The molecule has 1 aliphatic carbocycles. The van der Waals surface area contributed by atoms with Crippen molar-refractivity contribution in [3.8, 4) is 29.2 Å². The Hall–Kier alpha value is -2.75. The van der Waals surface area contributed by atoms with E-state index in [0.717, 1.165) is 53.7 Å². The van der Waals surface area contributed by atoms with Gasteiger partial charge in [0, 0.05) is 29.2 Å². The standard InChI is InChI=1S/C21H22ClN5O/c1-2-7-28-16-10-17-18(12-25-21(17)24-11-16)13-8-19(22)27-20(9-13)26-15-5-3-14(23)4-6-15/h1,8-12,14-15H,3-7,23H2,(H,24,25)(H,26,27). The number of H-pyrrole nitrogens is 1. The molecule has 1 aliphatic rings. The molecule has 7 heteroatoms. The zero-order valence-electron chi connectivity index (χ0n) is 15.4. The summed E-state index contributed by atoms with van der Waals surface area (Å²) in [5.41, 5.74) is 8.71. The van der Waals surface area contributed by atoms with Gasteiger partial charge in [0.2, 0.25) is 0 Å². The van der Waals surface area contributed by atoms with Crippen LogP contribution in [0.1, 0.15) is 25.7 Å². The summed E-state index contributed by atoms with van der Waals surface area (Å²) in [7, 11) is 0. The third kappa shape index (κ3) is 4.06. The summed E-state index contributed by atoms with van der Waals surface area (Å²) in [6.07, 6.45) is 13.0. The van der Waals surface area contributed by atoms with E-state index in [-0.39, 0.29) is 6.61 Å². The van der Waals surface area contributed by atoms with Crippen LogP contribution >= 0.6 is 11.6 Å². The summed E-state index contributed by atoms with van der Waals surface area (Å²) in [5, 5.41) is 4.88. The van der Waals surface area contributed by atoms with Gasteiger partial charge in [0.1, 0.15) is 29.0 Å². The molecule has 144 valence electrons. The topological polar surface area (TPSA) is 88.8 Å². The highest BCUT2D eigenvalue weighted by atomic mass is 35.5. The lowest BCUT2D eigenvalue weighted by Gasteiger charge is -2.27. The molecule has 0 saturated heterocycles. The van der Waals surface area contributed by atoms with Crippen LogP contribution in [0.2, 0.25) is 5.15 Å². The minimum absolute atomic E-state index is 0.202. The number of hydrogen-bond acceptors (Lipinski definition) is 5. The fraction of sp³-hybridized carbons (Fsp3) is 0.333. The molecule has 0 unspecified atom stereocenters. The number of rotatable bonds is 5. The van der Waals surface area contributed by atoms with Crippen molar-refractivity contribution in [1.29, 1.82) is 0 Å². The van der Waals surface area contributed by atoms with Gasteiger partial charge in [0.25, 0.3) is 0 Å². The van der Waals surface area contributed by atoms with Crippen molar-refractivity contribution < 1.29 is 4.74 Å². The van der Waals surface area contributed by atoms with Crippen LogP contribution in [0, 0.1) is 12.3 Å². The van der Waals surface area contributed by atoms with Crippen LogP contribution in [-0.2, 0) is 0 Å². The van der Waals surface area contributed by atoms with Gasteiger partial charge < -0.3 is 20.8 Å². The third-order valence-corrected chi connectivity index (χ3v) is 5.25. The molecule has 0 atom stereocenters. The van der Waals surface area contributed by atoms with Crippen molar-refractivity contribution in [3.63, 3.8) is 0 Å². The number of hydrogen-bond donors (Lipinski definition) is 3. The van der Waals surface area contributed by atoms with Gasteiger partial charge in [-0.2, -0.15) is 0 Å². The highest BCUT2D eigenvalue weighted by Crippen LogP contribution is 2.33. The van der Waals surface area contributed by atoms with Gasteiger partial charge in [-0.1, -0.05) is 17.5 Å².